The molecule has 2 spiro atoms. The number of hydrogen-bond acceptors (Lipinski definition) is 1. The van der Waals surface area contributed by atoms with Gasteiger partial charge in [-0.15, -0.1) is 11.3 Å². The maximum atomic E-state index is 2.57. The molecule has 56 heavy (non-hydrogen) atoms. The molecule has 5 aliphatic rings. The first kappa shape index (κ1) is 29.8. The third-order valence-electron chi connectivity index (χ3n) is 14.1. The molecule has 0 N–H and O–H groups in total. The van der Waals surface area contributed by atoms with Gasteiger partial charge >= 0.3 is 0 Å². The molecule has 0 bridgehead atoms. The molecule has 1 aliphatic heterocycles. The highest BCUT2D eigenvalue weighted by atomic mass is 32.1. The largest absolute Gasteiger partial charge is 0.300 e. The standard InChI is InChI=1S/C54H33NS/c1-6-18-42-34(12-1)35-13-2-7-19-43(35)53(42)44-20-8-5-16-38(44)39-26-24-33(31-49(39)53)32-25-27-50-41(30-32)40-17-11-23-47-51(40)55(50)52-48(28-29-56-52)54(47)45-21-9-3-14-36(45)37-15-4-10-22-46(37)54/h1-12,14-31,35H,13H2. The minimum atomic E-state index is -0.364. The van der Waals surface area contributed by atoms with Crippen molar-refractivity contribution in [3.63, 3.8) is 0 Å². The Bertz CT molecular complexity index is 3260. The predicted octanol–water partition coefficient (Wildman–Crippen LogP) is 13.5. The van der Waals surface area contributed by atoms with Crippen LogP contribution in [0.15, 0.2) is 187 Å². The molecule has 3 heterocycles. The number of benzene rings is 7. The quantitative estimate of drug-likeness (QED) is 0.159. The first-order chi connectivity index (χ1) is 27.8. The molecular formula is C54H33NS. The topological polar surface area (TPSA) is 4.93 Å². The molecule has 9 aromatic rings. The number of para-hydroxylation sites is 1. The summed E-state index contributed by atoms with van der Waals surface area (Å²) in [6.07, 6.45) is 8.12. The van der Waals surface area contributed by atoms with Crippen molar-refractivity contribution in [2.75, 3.05) is 0 Å². The van der Waals surface area contributed by atoms with Gasteiger partial charge in [-0.3, -0.25) is 0 Å². The molecule has 0 amide bonds. The van der Waals surface area contributed by atoms with Crippen molar-refractivity contribution in [3.05, 3.63) is 231 Å². The van der Waals surface area contributed by atoms with Crippen LogP contribution in [0, 0.1) is 0 Å². The highest BCUT2D eigenvalue weighted by Crippen LogP contribution is 2.66. The van der Waals surface area contributed by atoms with Crippen molar-refractivity contribution in [2.24, 2.45) is 0 Å². The molecular weight excluding hydrogens is 695 g/mol. The molecule has 7 aromatic carbocycles. The SMILES string of the molecule is C1=CCC2C(=C1)C1(c3ccccc3-c3ccc(-c4ccc5c(c4)c4cccc6c4n5-c4sccc4C64c5ccccc5-c5ccccc54)cc31)c1ccccc12. The van der Waals surface area contributed by atoms with Crippen LogP contribution in [0.1, 0.15) is 56.8 Å². The Hall–Kier alpha value is -6.48. The number of fused-ring (bicyclic) bond motifs is 22. The van der Waals surface area contributed by atoms with Crippen LogP contribution in [-0.4, -0.2) is 4.57 Å². The van der Waals surface area contributed by atoms with Gasteiger partial charge in [0.2, 0.25) is 0 Å². The van der Waals surface area contributed by atoms with E-state index in [1.165, 1.54) is 110 Å². The van der Waals surface area contributed by atoms with Crippen LogP contribution in [0.2, 0.25) is 0 Å². The number of thiophene rings is 1. The second-order valence-corrected chi connectivity index (χ2v) is 17.1. The van der Waals surface area contributed by atoms with Crippen molar-refractivity contribution in [3.8, 4) is 38.4 Å². The van der Waals surface area contributed by atoms with Crippen LogP contribution in [0.3, 0.4) is 0 Å². The van der Waals surface area contributed by atoms with Crippen LogP contribution in [0.4, 0.5) is 0 Å². The zero-order valence-electron chi connectivity index (χ0n) is 30.5. The van der Waals surface area contributed by atoms with E-state index in [4.69, 9.17) is 0 Å². The van der Waals surface area contributed by atoms with Gasteiger partial charge in [0.05, 0.1) is 21.9 Å². The van der Waals surface area contributed by atoms with Crippen molar-refractivity contribution in [2.45, 2.75) is 23.2 Å². The molecule has 14 rings (SSSR count). The smallest absolute Gasteiger partial charge is 0.105 e. The molecule has 0 fully saturated rings. The maximum Gasteiger partial charge on any atom is 0.105 e. The highest BCUT2D eigenvalue weighted by molar-refractivity contribution is 7.12. The molecule has 2 atom stereocenters. The Kier molecular flexibility index (Phi) is 5.45. The molecule has 0 radical (unpaired) electrons. The Morgan fingerprint density at radius 3 is 1.93 bits per heavy atom. The molecule has 4 aliphatic carbocycles. The zero-order chi connectivity index (χ0) is 36.3. The Labute approximate surface area is 329 Å². The van der Waals surface area contributed by atoms with Crippen molar-refractivity contribution in [1.29, 1.82) is 0 Å². The van der Waals surface area contributed by atoms with Gasteiger partial charge < -0.3 is 4.57 Å². The number of aromatic nitrogens is 1. The molecule has 260 valence electrons. The van der Waals surface area contributed by atoms with E-state index in [1.807, 2.05) is 11.3 Å². The van der Waals surface area contributed by atoms with Gasteiger partial charge in [-0.2, -0.15) is 0 Å². The number of rotatable bonds is 1. The Morgan fingerprint density at radius 2 is 1.14 bits per heavy atom. The van der Waals surface area contributed by atoms with E-state index in [0.717, 1.165) is 6.42 Å². The molecule has 1 nitrogen and oxygen atoms in total. The lowest BCUT2D eigenvalue weighted by atomic mass is 9.66. The molecule has 0 saturated heterocycles. The summed E-state index contributed by atoms with van der Waals surface area (Å²) in [5.41, 5.74) is 22.7. The van der Waals surface area contributed by atoms with E-state index in [0.29, 0.717) is 5.92 Å². The Morgan fingerprint density at radius 1 is 0.500 bits per heavy atom. The fourth-order valence-electron chi connectivity index (χ4n) is 12.2. The zero-order valence-corrected chi connectivity index (χ0v) is 31.3. The highest BCUT2D eigenvalue weighted by Gasteiger charge is 2.55. The van der Waals surface area contributed by atoms with E-state index in [2.05, 4.69) is 186 Å². The molecule has 2 heteroatoms. The summed E-state index contributed by atoms with van der Waals surface area (Å²) in [7, 11) is 0. The lowest BCUT2D eigenvalue weighted by molar-refractivity contribution is 0.708. The summed E-state index contributed by atoms with van der Waals surface area (Å²) in [6, 6.07) is 60.6. The van der Waals surface area contributed by atoms with Crippen LogP contribution in [0.5, 0.6) is 0 Å². The fourth-order valence-corrected chi connectivity index (χ4v) is 13.1. The minimum absolute atomic E-state index is 0.292. The first-order valence-electron chi connectivity index (χ1n) is 19.9. The average molecular weight is 728 g/mol. The lowest BCUT2D eigenvalue weighted by Gasteiger charge is -2.37. The normalized spacial score (nSPS) is 19.4. The predicted molar refractivity (Wildman–Crippen MR) is 231 cm³/mol. The summed E-state index contributed by atoms with van der Waals surface area (Å²) in [4.78, 5) is 0. The first-order valence-corrected chi connectivity index (χ1v) is 20.7. The summed E-state index contributed by atoms with van der Waals surface area (Å²) in [6.45, 7) is 0. The van der Waals surface area contributed by atoms with Crippen LogP contribution < -0.4 is 0 Å². The van der Waals surface area contributed by atoms with E-state index >= 15 is 0 Å². The van der Waals surface area contributed by atoms with Crippen molar-refractivity contribution < 1.29 is 0 Å². The van der Waals surface area contributed by atoms with Gasteiger partial charge in [0.15, 0.2) is 0 Å². The van der Waals surface area contributed by atoms with Crippen LogP contribution >= 0.6 is 11.3 Å². The van der Waals surface area contributed by atoms with Gasteiger partial charge in [0.1, 0.15) is 5.00 Å². The number of nitrogens with zero attached hydrogens (tertiary/aromatic N) is 1. The van der Waals surface area contributed by atoms with E-state index in [9.17, 15) is 0 Å². The summed E-state index contributed by atoms with van der Waals surface area (Å²) >= 11 is 1.87. The van der Waals surface area contributed by atoms with Crippen molar-refractivity contribution >= 4 is 33.1 Å². The van der Waals surface area contributed by atoms with Gasteiger partial charge in [-0.25, -0.2) is 0 Å². The van der Waals surface area contributed by atoms with Crippen LogP contribution in [-0.2, 0) is 10.8 Å². The minimum Gasteiger partial charge on any atom is -0.300 e. The third kappa shape index (κ3) is 3.23. The fraction of sp³-hybridized carbons (Fsp3) is 0.0741. The number of hydrogen-bond donors (Lipinski definition) is 0. The van der Waals surface area contributed by atoms with Crippen LogP contribution in [0.25, 0.3) is 60.2 Å². The molecule has 2 aromatic heterocycles. The van der Waals surface area contributed by atoms with Gasteiger partial charge in [-0.05, 0) is 114 Å². The summed E-state index contributed by atoms with van der Waals surface area (Å²) in [5, 5.41) is 6.25. The van der Waals surface area contributed by atoms with E-state index in [-0.39, 0.29) is 10.8 Å². The van der Waals surface area contributed by atoms with E-state index < -0.39 is 0 Å². The number of allylic oxidation sites excluding steroid dienone is 4. The molecule has 2 unspecified atom stereocenters. The summed E-state index contributed by atoms with van der Waals surface area (Å²) < 4.78 is 2.57. The molecule has 0 saturated carbocycles. The third-order valence-corrected chi connectivity index (χ3v) is 15.0. The maximum absolute atomic E-state index is 2.57. The monoisotopic (exact) mass is 727 g/mol. The second-order valence-electron chi connectivity index (χ2n) is 16.2. The summed E-state index contributed by atoms with van der Waals surface area (Å²) in [5.74, 6) is 0.397. The average Bonchev–Trinajstić information content (AvgIpc) is 4.07. The van der Waals surface area contributed by atoms with Gasteiger partial charge in [0, 0.05) is 22.3 Å². The Balaban J connectivity index is 1.02. The van der Waals surface area contributed by atoms with Gasteiger partial charge in [-0.1, -0.05) is 152 Å². The lowest BCUT2D eigenvalue weighted by Crippen LogP contribution is -2.32. The van der Waals surface area contributed by atoms with Gasteiger partial charge in [0.25, 0.3) is 0 Å². The second kappa shape index (κ2) is 10.2. The van der Waals surface area contributed by atoms with Crippen molar-refractivity contribution in [1.82, 2.24) is 4.57 Å². The van der Waals surface area contributed by atoms with E-state index in [1.54, 1.807) is 0 Å².